The number of hydrogen-bond acceptors (Lipinski definition) is 4. The molecule has 2 N–H and O–H groups in total. The Labute approximate surface area is 115 Å². The summed E-state index contributed by atoms with van der Waals surface area (Å²) in [5.41, 5.74) is -1.79. The van der Waals surface area contributed by atoms with Crippen LogP contribution in [0.15, 0.2) is 15.8 Å². The van der Waals surface area contributed by atoms with Gasteiger partial charge in [-0.2, -0.15) is 0 Å². The van der Waals surface area contributed by atoms with Gasteiger partial charge in [0.2, 0.25) is 0 Å². The van der Waals surface area contributed by atoms with Gasteiger partial charge in [-0.15, -0.1) is 0 Å². The molecule has 0 spiro atoms. The summed E-state index contributed by atoms with van der Waals surface area (Å²) < 4.78 is 1.28. The number of aromatic carboxylic acids is 1. The first-order valence-corrected chi connectivity index (χ1v) is 6.73. The van der Waals surface area contributed by atoms with Crippen LogP contribution in [0.25, 0.3) is 0 Å². The van der Waals surface area contributed by atoms with E-state index in [0.717, 1.165) is 38.5 Å². The van der Waals surface area contributed by atoms with Crippen LogP contribution in [0.4, 0.5) is 0 Å². The monoisotopic (exact) mass is 281 g/mol. The van der Waals surface area contributed by atoms with E-state index in [-0.39, 0.29) is 0 Å². The van der Waals surface area contributed by atoms with Crippen molar-refractivity contribution in [2.24, 2.45) is 5.92 Å². The molecule has 0 amide bonds. The molecular formula is C13H19N3O4. The first kappa shape index (κ1) is 14.5. The lowest BCUT2D eigenvalue weighted by Crippen LogP contribution is -2.35. The van der Waals surface area contributed by atoms with Crippen LogP contribution in [0.3, 0.4) is 0 Å². The number of H-pyrrole nitrogens is 1. The fourth-order valence-electron chi connectivity index (χ4n) is 2.50. The van der Waals surface area contributed by atoms with Gasteiger partial charge in [0.1, 0.15) is 5.56 Å². The standard InChI is InChI=1S/C13H19N3O4/c1-15-5-2-9(3-6-15)4-7-16-8-10(12(18)19)11(17)14-13(16)20/h8-9H,2-7H2,1H3,(H,18,19)(H,14,17,20). The number of carbonyl (C=O) groups is 1. The SMILES string of the molecule is CN1CCC(CCn2cc(C(=O)O)c(=O)[nH]c2=O)CC1. The predicted octanol–water partition coefficient (Wildman–Crippen LogP) is -0.0333. The number of rotatable bonds is 4. The van der Waals surface area contributed by atoms with Gasteiger partial charge in [-0.3, -0.25) is 14.3 Å². The van der Waals surface area contributed by atoms with Crippen molar-refractivity contribution in [1.29, 1.82) is 0 Å². The zero-order chi connectivity index (χ0) is 14.7. The molecule has 0 unspecified atom stereocenters. The van der Waals surface area contributed by atoms with Gasteiger partial charge in [0.25, 0.3) is 5.56 Å². The summed E-state index contributed by atoms with van der Waals surface area (Å²) in [6.07, 6.45) is 4.12. The number of nitrogens with one attached hydrogen (secondary N) is 1. The van der Waals surface area contributed by atoms with Gasteiger partial charge in [-0.1, -0.05) is 0 Å². The van der Waals surface area contributed by atoms with Crippen LogP contribution in [0.5, 0.6) is 0 Å². The van der Waals surface area contributed by atoms with Crippen LogP contribution >= 0.6 is 0 Å². The van der Waals surface area contributed by atoms with Gasteiger partial charge in [-0.25, -0.2) is 9.59 Å². The van der Waals surface area contributed by atoms with Crippen molar-refractivity contribution >= 4 is 5.97 Å². The second-order valence-corrected chi connectivity index (χ2v) is 5.34. The third-order valence-corrected chi connectivity index (χ3v) is 3.86. The van der Waals surface area contributed by atoms with E-state index >= 15 is 0 Å². The van der Waals surface area contributed by atoms with Crippen LogP contribution < -0.4 is 11.2 Å². The Morgan fingerprint density at radius 3 is 2.65 bits per heavy atom. The molecule has 0 aliphatic carbocycles. The third-order valence-electron chi connectivity index (χ3n) is 3.86. The largest absolute Gasteiger partial charge is 0.477 e. The summed E-state index contributed by atoms with van der Waals surface area (Å²) >= 11 is 0. The van der Waals surface area contributed by atoms with E-state index in [9.17, 15) is 14.4 Å². The average Bonchev–Trinajstić information content (AvgIpc) is 2.39. The number of likely N-dealkylation sites (tertiary alicyclic amines) is 1. The molecule has 2 rings (SSSR count). The first-order valence-electron chi connectivity index (χ1n) is 6.73. The molecule has 1 aliphatic heterocycles. The number of hydrogen-bond donors (Lipinski definition) is 2. The molecule has 0 bridgehead atoms. The molecular weight excluding hydrogens is 262 g/mol. The second-order valence-electron chi connectivity index (χ2n) is 5.34. The lowest BCUT2D eigenvalue weighted by atomic mass is 9.94. The Morgan fingerprint density at radius 2 is 2.05 bits per heavy atom. The molecule has 0 atom stereocenters. The molecule has 2 heterocycles. The van der Waals surface area contributed by atoms with Crippen molar-refractivity contribution in [3.05, 3.63) is 32.6 Å². The maximum atomic E-state index is 11.6. The molecule has 1 aliphatic rings. The van der Waals surface area contributed by atoms with Crippen molar-refractivity contribution in [2.45, 2.75) is 25.8 Å². The van der Waals surface area contributed by atoms with E-state index in [4.69, 9.17) is 5.11 Å². The van der Waals surface area contributed by atoms with Crippen molar-refractivity contribution in [3.63, 3.8) is 0 Å². The van der Waals surface area contributed by atoms with Gasteiger partial charge >= 0.3 is 11.7 Å². The van der Waals surface area contributed by atoms with Crippen molar-refractivity contribution in [2.75, 3.05) is 20.1 Å². The number of aryl methyl sites for hydroxylation is 1. The van der Waals surface area contributed by atoms with Crippen LogP contribution in [0.1, 0.15) is 29.6 Å². The Morgan fingerprint density at radius 1 is 1.40 bits per heavy atom. The smallest absolute Gasteiger partial charge is 0.342 e. The van der Waals surface area contributed by atoms with Crippen molar-refractivity contribution in [1.82, 2.24) is 14.5 Å². The number of piperidine rings is 1. The molecule has 0 aromatic carbocycles. The molecule has 1 fully saturated rings. The quantitative estimate of drug-likeness (QED) is 0.808. The molecule has 20 heavy (non-hydrogen) atoms. The maximum absolute atomic E-state index is 11.6. The molecule has 1 aromatic rings. The zero-order valence-electron chi connectivity index (χ0n) is 11.5. The van der Waals surface area contributed by atoms with Crippen LogP contribution in [0.2, 0.25) is 0 Å². The number of carboxylic acids is 1. The maximum Gasteiger partial charge on any atom is 0.342 e. The van der Waals surface area contributed by atoms with Gasteiger partial charge in [0.05, 0.1) is 0 Å². The number of aromatic nitrogens is 2. The first-order chi connectivity index (χ1) is 9.47. The summed E-state index contributed by atoms with van der Waals surface area (Å²) in [4.78, 5) is 38.2. The van der Waals surface area contributed by atoms with Gasteiger partial charge in [0, 0.05) is 12.7 Å². The predicted molar refractivity (Wildman–Crippen MR) is 73.1 cm³/mol. The van der Waals surface area contributed by atoms with Gasteiger partial charge in [-0.05, 0) is 45.3 Å². The van der Waals surface area contributed by atoms with E-state index in [1.165, 1.54) is 4.57 Å². The number of nitrogens with zero attached hydrogens (tertiary/aromatic N) is 2. The van der Waals surface area contributed by atoms with E-state index in [0.29, 0.717) is 12.5 Å². The topological polar surface area (TPSA) is 95.4 Å². The minimum atomic E-state index is -1.32. The van der Waals surface area contributed by atoms with E-state index in [1.54, 1.807) is 0 Å². The van der Waals surface area contributed by atoms with E-state index in [1.807, 2.05) is 4.98 Å². The lowest BCUT2D eigenvalue weighted by Gasteiger charge is -2.28. The van der Waals surface area contributed by atoms with Crippen molar-refractivity contribution < 1.29 is 9.90 Å². The second kappa shape index (κ2) is 6.04. The Kier molecular flexibility index (Phi) is 4.39. The number of carboxylic acid groups (broad SMARTS) is 1. The van der Waals surface area contributed by atoms with Crippen LogP contribution in [0, 0.1) is 5.92 Å². The summed E-state index contributed by atoms with van der Waals surface area (Å²) in [6, 6.07) is 0. The molecule has 110 valence electrons. The van der Waals surface area contributed by atoms with Crippen molar-refractivity contribution in [3.8, 4) is 0 Å². The summed E-state index contributed by atoms with van der Waals surface area (Å²) in [5.74, 6) is -0.780. The van der Waals surface area contributed by atoms with Gasteiger partial charge in [0.15, 0.2) is 0 Å². The van der Waals surface area contributed by atoms with E-state index in [2.05, 4.69) is 11.9 Å². The highest BCUT2D eigenvalue weighted by molar-refractivity contribution is 5.86. The highest BCUT2D eigenvalue weighted by atomic mass is 16.4. The third kappa shape index (κ3) is 3.36. The average molecular weight is 281 g/mol. The minimum absolute atomic E-state index is 0.395. The van der Waals surface area contributed by atoms with Crippen LogP contribution in [-0.2, 0) is 6.54 Å². The van der Waals surface area contributed by atoms with E-state index < -0.39 is 22.8 Å². The highest BCUT2D eigenvalue weighted by Crippen LogP contribution is 2.19. The summed E-state index contributed by atoms with van der Waals surface area (Å²) in [7, 11) is 2.09. The Hall–Kier alpha value is -1.89. The summed E-state index contributed by atoms with van der Waals surface area (Å²) in [5, 5.41) is 8.89. The number of aromatic amines is 1. The fraction of sp³-hybridized carbons (Fsp3) is 0.615. The Balaban J connectivity index is 2.06. The molecule has 7 nitrogen and oxygen atoms in total. The summed E-state index contributed by atoms with van der Waals surface area (Å²) in [6.45, 7) is 2.53. The minimum Gasteiger partial charge on any atom is -0.477 e. The fourth-order valence-corrected chi connectivity index (χ4v) is 2.50. The van der Waals surface area contributed by atoms with Crippen LogP contribution in [-0.4, -0.2) is 45.7 Å². The molecule has 1 aromatic heterocycles. The highest BCUT2D eigenvalue weighted by Gasteiger charge is 2.17. The molecule has 0 radical (unpaired) electrons. The zero-order valence-corrected chi connectivity index (χ0v) is 11.5. The normalized spacial score (nSPS) is 17.2. The molecule has 1 saturated heterocycles. The molecule has 0 saturated carbocycles. The van der Waals surface area contributed by atoms with Gasteiger partial charge < -0.3 is 10.0 Å². The Bertz CT molecular complexity index is 596. The molecule has 7 heteroatoms. The lowest BCUT2D eigenvalue weighted by molar-refractivity contribution is 0.0693.